The maximum atomic E-state index is 5.62. The standard InChI is InChI=1S/C7H7N5/c8-6-5-4(2-1-3-10-5)11-7(9)12-6/h1-3H,(H4,8,9,11,12)/p+1. The van der Waals surface area contributed by atoms with Crippen LogP contribution in [-0.4, -0.2) is 9.97 Å². The van der Waals surface area contributed by atoms with Gasteiger partial charge in [0, 0.05) is 6.20 Å². The van der Waals surface area contributed by atoms with Crippen LogP contribution in [0.15, 0.2) is 18.3 Å². The fraction of sp³-hybridized carbons (Fsp3) is 0. The Morgan fingerprint density at radius 2 is 2.17 bits per heavy atom. The van der Waals surface area contributed by atoms with Gasteiger partial charge in [-0.1, -0.05) is 0 Å². The van der Waals surface area contributed by atoms with Crippen LogP contribution in [0.2, 0.25) is 0 Å². The van der Waals surface area contributed by atoms with Crippen molar-refractivity contribution in [3.63, 3.8) is 0 Å². The Bertz CT molecular complexity index is 425. The largest absolute Gasteiger partial charge is 0.343 e. The smallest absolute Gasteiger partial charge is 0.333 e. The zero-order valence-corrected chi connectivity index (χ0v) is 6.28. The lowest BCUT2D eigenvalue weighted by atomic mass is 10.3. The minimum atomic E-state index is 0.299. The first-order chi connectivity index (χ1) is 5.77. The number of rotatable bonds is 0. The Labute approximate surface area is 68.5 Å². The molecule has 0 saturated carbocycles. The van der Waals surface area contributed by atoms with E-state index in [1.54, 1.807) is 12.3 Å². The summed E-state index contributed by atoms with van der Waals surface area (Å²) in [5, 5.41) is 0. The zero-order valence-electron chi connectivity index (χ0n) is 6.28. The molecule has 0 aliphatic carbocycles. The van der Waals surface area contributed by atoms with Crippen LogP contribution >= 0.6 is 0 Å². The van der Waals surface area contributed by atoms with Crippen LogP contribution in [0.1, 0.15) is 0 Å². The highest BCUT2D eigenvalue weighted by molar-refractivity contribution is 5.82. The molecule has 0 aliphatic heterocycles. The van der Waals surface area contributed by atoms with Crippen molar-refractivity contribution in [1.82, 2.24) is 9.97 Å². The number of nitrogen functional groups attached to an aromatic ring is 2. The maximum Gasteiger partial charge on any atom is 0.343 e. The van der Waals surface area contributed by atoms with Gasteiger partial charge in [-0.3, -0.25) is 0 Å². The van der Waals surface area contributed by atoms with Crippen LogP contribution in [0, 0.1) is 0 Å². The van der Waals surface area contributed by atoms with Crippen molar-refractivity contribution < 1.29 is 4.98 Å². The van der Waals surface area contributed by atoms with Gasteiger partial charge in [-0.15, -0.1) is 4.98 Å². The van der Waals surface area contributed by atoms with Crippen LogP contribution in [-0.2, 0) is 0 Å². The molecule has 60 valence electrons. The molecule has 0 bridgehead atoms. The molecule has 0 fully saturated rings. The first-order valence-electron chi connectivity index (χ1n) is 3.46. The molecule has 5 heteroatoms. The average molecular weight is 162 g/mol. The molecular formula is C7H8N5+. The minimum Gasteiger partial charge on any atom is -0.333 e. The summed E-state index contributed by atoms with van der Waals surface area (Å²) >= 11 is 0. The van der Waals surface area contributed by atoms with E-state index >= 15 is 0 Å². The van der Waals surface area contributed by atoms with Crippen molar-refractivity contribution in [2.75, 3.05) is 11.5 Å². The topological polar surface area (TPSA) is 92.0 Å². The molecule has 0 aromatic carbocycles. The van der Waals surface area contributed by atoms with Crippen molar-refractivity contribution in [1.29, 1.82) is 0 Å². The fourth-order valence-corrected chi connectivity index (χ4v) is 1.05. The summed E-state index contributed by atoms with van der Waals surface area (Å²) in [7, 11) is 0. The number of H-pyrrole nitrogens is 1. The van der Waals surface area contributed by atoms with Gasteiger partial charge in [-0.25, -0.2) is 9.97 Å². The number of hydrogen-bond donors (Lipinski definition) is 2. The first kappa shape index (κ1) is 6.78. The molecule has 0 saturated heterocycles. The molecule has 0 aliphatic rings. The molecule has 0 unspecified atom stereocenters. The van der Waals surface area contributed by atoms with E-state index in [1.807, 2.05) is 6.07 Å². The minimum absolute atomic E-state index is 0.299. The highest BCUT2D eigenvalue weighted by Crippen LogP contribution is 2.10. The summed E-state index contributed by atoms with van der Waals surface area (Å²) in [6.45, 7) is 0. The van der Waals surface area contributed by atoms with Crippen LogP contribution in [0.3, 0.4) is 0 Å². The Hall–Kier alpha value is -1.91. The SMILES string of the molecule is Nc1nc2cccnc2c(N)[nH+]1. The van der Waals surface area contributed by atoms with Crippen LogP contribution in [0.5, 0.6) is 0 Å². The van der Waals surface area contributed by atoms with Gasteiger partial charge in [-0.05, 0) is 12.1 Å². The van der Waals surface area contributed by atoms with Gasteiger partial charge in [0.05, 0.1) is 0 Å². The van der Waals surface area contributed by atoms with Gasteiger partial charge < -0.3 is 11.5 Å². The van der Waals surface area contributed by atoms with Gasteiger partial charge in [-0.2, -0.15) is 0 Å². The molecule has 2 rings (SSSR count). The number of aromatic amines is 1. The second-order valence-corrected chi connectivity index (χ2v) is 2.41. The molecule has 2 heterocycles. The monoisotopic (exact) mass is 162 g/mol. The van der Waals surface area contributed by atoms with Crippen molar-refractivity contribution in [2.24, 2.45) is 0 Å². The average Bonchev–Trinajstić information content (AvgIpc) is 2.04. The molecule has 5 nitrogen and oxygen atoms in total. The fourth-order valence-electron chi connectivity index (χ4n) is 1.05. The second kappa shape index (κ2) is 2.30. The lowest BCUT2D eigenvalue weighted by Crippen LogP contribution is -2.18. The van der Waals surface area contributed by atoms with E-state index in [1.165, 1.54) is 0 Å². The predicted molar refractivity (Wildman–Crippen MR) is 44.9 cm³/mol. The van der Waals surface area contributed by atoms with E-state index in [9.17, 15) is 0 Å². The lowest BCUT2D eigenvalue weighted by Gasteiger charge is -1.94. The number of nitrogens with zero attached hydrogens (tertiary/aromatic N) is 2. The Balaban J connectivity index is 2.89. The number of nitrogens with one attached hydrogen (secondary N) is 1. The number of aromatic nitrogens is 3. The summed E-state index contributed by atoms with van der Waals surface area (Å²) in [4.78, 5) is 10.8. The summed E-state index contributed by atoms with van der Waals surface area (Å²) in [5.41, 5.74) is 12.4. The van der Waals surface area contributed by atoms with Gasteiger partial charge in [0.15, 0.2) is 11.0 Å². The molecular weight excluding hydrogens is 154 g/mol. The third kappa shape index (κ3) is 0.914. The number of pyridine rings is 1. The highest BCUT2D eigenvalue weighted by Gasteiger charge is 2.06. The van der Waals surface area contributed by atoms with E-state index in [2.05, 4.69) is 15.0 Å². The Morgan fingerprint density at radius 3 is 3.00 bits per heavy atom. The third-order valence-corrected chi connectivity index (χ3v) is 1.55. The molecule has 12 heavy (non-hydrogen) atoms. The van der Waals surface area contributed by atoms with E-state index in [0.717, 1.165) is 0 Å². The summed E-state index contributed by atoms with van der Waals surface area (Å²) < 4.78 is 0. The quantitative estimate of drug-likeness (QED) is 0.551. The van der Waals surface area contributed by atoms with E-state index < -0.39 is 0 Å². The zero-order chi connectivity index (χ0) is 8.55. The Morgan fingerprint density at radius 1 is 1.33 bits per heavy atom. The lowest BCUT2D eigenvalue weighted by molar-refractivity contribution is -0.344. The Kier molecular flexibility index (Phi) is 1.30. The number of fused-ring (bicyclic) bond motifs is 1. The van der Waals surface area contributed by atoms with Crippen LogP contribution in [0.25, 0.3) is 11.0 Å². The number of nitrogens with two attached hydrogens (primary N) is 2. The van der Waals surface area contributed by atoms with Crippen molar-refractivity contribution >= 4 is 22.8 Å². The van der Waals surface area contributed by atoms with Crippen molar-refractivity contribution in [2.45, 2.75) is 0 Å². The molecule has 2 aromatic heterocycles. The van der Waals surface area contributed by atoms with Gasteiger partial charge in [0.25, 0.3) is 0 Å². The van der Waals surface area contributed by atoms with Gasteiger partial charge in [0.1, 0.15) is 0 Å². The highest BCUT2D eigenvalue weighted by atomic mass is 15.0. The van der Waals surface area contributed by atoms with Crippen LogP contribution in [0.4, 0.5) is 11.8 Å². The molecule has 0 atom stereocenters. The molecule has 0 radical (unpaired) electrons. The second-order valence-electron chi connectivity index (χ2n) is 2.41. The maximum absolute atomic E-state index is 5.62. The number of hydrogen-bond acceptors (Lipinski definition) is 4. The molecule has 2 aromatic rings. The third-order valence-electron chi connectivity index (χ3n) is 1.55. The van der Waals surface area contributed by atoms with E-state index in [0.29, 0.717) is 22.8 Å². The van der Waals surface area contributed by atoms with Crippen LogP contribution < -0.4 is 16.5 Å². The number of anilines is 2. The first-order valence-corrected chi connectivity index (χ1v) is 3.46. The molecule has 5 N–H and O–H groups in total. The van der Waals surface area contributed by atoms with E-state index in [4.69, 9.17) is 11.5 Å². The predicted octanol–water partition coefficient (Wildman–Crippen LogP) is -0.392. The molecule has 0 spiro atoms. The summed E-state index contributed by atoms with van der Waals surface area (Å²) in [5.74, 6) is 0.742. The van der Waals surface area contributed by atoms with Gasteiger partial charge in [0.2, 0.25) is 5.82 Å². The van der Waals surface area contributed by atoms with E-state index in [-0.39, 0.29) is 0 Å². The van der Waals surface area contributed by atoms with Gasteiger partial charge >= 0.3 is 5.95 Å². The van der Waals surface area contributed by atoms with Crippen molar-refractivity contribution in [3.8, 4) is 0 Å². The molecule has 0 amide bonds. The normalized spacial score (nSPS) is 10.3. The van der Waals surface area contributed by atoms with Crippen molar-refractivity contribution in [3.05, 3.63) is 18.3 Å². The summed E-state index contributed by atoms with van der Waals surface area (Å²) in [6, 6.07) is 3.59. The summed E-state index contributed by atoms with van der Waals surface area (Å²) in [6.07, 6.45) is 1.66.